The van der Waals surface area contributed by atoms with Crippen LogP contribution < -0.4 is 5.73 Å². The lowest BCUT2D eigenvalue weighted by Gasteiger charge is -2.29. The molecule has 0 saturated carbocycles. The SMILES string of the molecule is CCC(C)C(c1ccccc1)C(N)c1ccc(C)nc1. The van der Waals surface area contributed by atoms with Crippen LogP contribution in [-0.2, 0) is 0 Å². The smallest absolute Gasteiger partial charge is 0.0382 e. The summed E-state index contributed by atoms with van der Waals surface area (Å²) in [6, 6.07) is 14.7. The summed E-state index contributed by atoms with van der Waals surface area (Å²) >= 11 is 0. The van der Waals surface area contributed by atoms with Gasteiger partial charge in [-0.1, -0.05) is 56.7 Å². The zero-order valence-electron chi connectivity index (χ0n) is 12.6. The molecule has 0 aliphatic heterocycles. The first-order valence-electron chi connectivity index (χ1n) is 7.36. The summed E-state index contributed by atoms with van der Waals surface area (Å²) < 4.78 is 0. The molecule has 0 spiro atoms. The Labute approximate surface area is 122 Å². The van der Waals surface area contributed by atoms with Crippen LogP contribution in [0.2, 0.25) is 0 Å². The van der Waals surface area contributed by atoms with Crippen LogP contribution in [0.15, 0.2) is 48.7 Å². The lowest BCUT2D eigenvalue weighted by molar-refractivity contribution is 0.387. The van der Waals surface area contributed by atoms with E-state index in [-0.39, 0.29) is 6.04 Å². The summed E-state index contributed by atoms with van der Waals surface area (Å²) in [4.78, 5) is 4.38. The molecule has 1 aromatic carbocycles. The Morgan fingerprint density at radius 2 is 1.75 bits per heavy atom. The van der Waals surface area contributed by atoms with Gasteiger partial charge in [0.1, 0.15) is 0 Å². The van der Waals surface area contributed by atoms with Crippen LogP contribution in [0.1, 0.15) is 49.0 Å². The lowest BCUT2D eigenvalue weighted by Crippen LogP contribution is -2.25. The van der Waals surface area contributed by atoms with Crippen molar-refractivity contribution in [2.24, 2.45) is 11.7 Å². The van der Waals surface area contributed by atoms with Crippen LogP contribution in [0, 0.1) is 12.8 Å². The van der Waals surface area contributed by atoms with Gasteiger partial charge in [-0.15, -0.1) is 0 Å². The monoisotopic (exact) mass is 268 g/mol. The van der Waals surface area contributed by atoms with E-state index in [1.54, 1.807) is 0 Å². The summed E-state index contributed by atoms with van der Waals surface area (Å²) in [6.45, 7) is 6.50. The highest BCUT2D eigenvalue weighted by Crippen LogP contribution is 2.36. The van der Waals surface area contributed by atoms with Crippen LogP contribution in [0.4, 0.5) is 0 Å². The van der Waals surface area contributed by atoms with Crippen LogP contribution in [0.3, 0.4) is 0 Å². The van der Waals surface area contributed by atoms with Crippen molar-refractivity contribution in [3.05, 3.63) is 65.5 Å². The predicted octanol–water partition coefficient (Wildman–Crippen LogP) is 4.22. The van der Waals surface area contributed by atoms with E-state index < -0.39 is 0 Å². The minimum absolute atomic E-state index is 0.0135. The molecule has 0 radical (unpaired) electrons. The van der Waals surface area contributed by atoms with Crippen molar-refractivity contribution >= 4 is 0 Å². The van der Waals surface area contributed by atoms with Gasteiger partial charge >= 0.3 is 0 Å². The second kappa shape index (κ2) is 6.67. The van der Waals surface area contributed by atoms with Crippen LogP contribution >= 0.6 is 0 Å². The quantitative estimate of drug-likeness (QED) is 0.881. The fourth-order valence-electron chi connectivity index (χ4n) is 2.70. The van der Waals surface area contributed by atoms with Crippen LogP contribution in [-0.4, -0.2) is 4.98 Å². The molecule has 2 N–H and O–H groups in total. The molecule has 0 bridgehead atoms. The first-order chi connectivity index (χ1) is 9.63. The average molecular weight is 268 g/mol. The van der Waals surface area contributed by atoms with Crippen molar-refractivity contribution in [2.45, 2.75) is 39.2 Å². The fraction of sp³-hybridized carbons (Fsp3) is 0.389. The fourth-order valence-corrected chi connectivity index (χ4v) is 2.70. The van der Waals surface area contributed by atoms with Crippen molar-refractivity contribution in [1.29, 1.82) is 0 Å². The van der Waals surface area contributed by atoms with Gasteiger partial charge in [0.15, 0.2) is 0 Å². The second-order valence-electron chi connectivity index (χ2n) is 5.58. The molecule has 1 aromatic heterocycles. The number of rotatable bonds is 5. The molecule has 0 fully saturated rings. The number of benzene rings is 1. The number of aryl methyl sites for hydroxylation is 1. The first kappa shape index (κ1) is 14.7. The third kappa shape index (κ3) is 3.26. The average Bonchev–Trinajstić information content (AvgIpc) is 2.49. The molecular weight excluding hydrogens is 244 g/mol. The van der Waals surface area contributed by atoms with Crippen LogP contribution in [0.25, 0.3) is 0 Å². The maximum absolute atomic E-state index is 6.56. The Bertz CT molecular complexity index is 519. The first-order valence-corrected chi connectivity index (χ1v) is 7.36. The zero-order valence-corrected chi connectivity index (χ0v) is 12.6. The van der Waals surface area contributed by atoms with Gasteiger partial charge in [-0.25, -0.2) is 0 Å². The molecule has 2 heteroatoms. The number of hydrogen-bond acceptors (Lipinski definition) is 2. The van der Waals surface area contributed by atoms with E-state index in [1.807, 2.05) is 19.2 Å². The van der Waals surface area contributed by atoms with Gasteiger partial charge < -0.3 is 5.73 Å². The number of hydrogen-bond donors (Lipinski definition) is 1. The van der Waals surface area contributed by atoms with Gasteiger partial charge in [0, 0.05) is 23.9 Å². The molecular formula is C18H24N2. The van der Waals surface area contributed by atoms with E-state index >= 15 is 0 Å². The standard InChI is InChI=1S/C18H24N2/c1-4-13(2)17(15-8-6-5-7-9-15)18(19)16-11-10-14(3)20-12-16/h5-13,17-18H,4,19H2,1-3H3. The predicted molar refractivity (Wildman–Crippen MR) is 84.5 cm³/mol. The van der Waals surface area contributed by atoms with Crippen molar-refractivity contribution < 1.29 is 0 Å². The van der Waals surface area contributed by atoms with Gasteiger partial charge in [-0.2, -0.15) is 0 Å². The minimum atomic E-state index is -0.0135. The van der Waals surface area contributed by atoms with Crippen molar-refractivity contribution in [3.8, 4) is 0 Å². The molecule has 2 nitrogen and oxygen atoms in total. The van der Waals surface area contributed by atoms with E-state index in [9.17, 15) is 0 Å². The van der Waals surface area contributed by atoms with Gasteiger partial charge in [-0.05, 0) is 30.0 Å². The van der Waals surface area contributed by atoms with E-state index in [0.717, 1.165) is 17.7 Å². The summed E-state index contributed by atoms with van der Waals surface area (Å²) in [5.41, 5.74) is 10.0. The van der Waals surface area contributed by atoms with Crippen molar-refractivity contribution in [1.82, 2.24) is 4.98 Å². The highest BCUT2D eigenvalue weighted by molar-refractivity contribution is 5.27. The van der Waals surface area contributed by atoms with E-state index in [2.05, 4.69) is 55.2 Å². The molecule has 1 heterocycles. The number of nitrogens with zero attached hydrogens (tertiary/aromatic N) is 1. The normalized spacial score (nSPS) is 15.6. The highest BCUT2D eigenvalue weighted by Gasteiger charge is 2.26. The zero-order chi connectivity index (χ0) is 14.5. The second-order valence-corrected chi connectivity index (χ2v) is 5.58. The molecule has 106 valence electrons. The molecule has 0 saturated heterocycles. The Balaban J connectivity index is 2.34. The molecule has 2 rings (SSSR count). The topological polar surface area (TPSA) is 38.9 Å². The molecule has 0 aliphatic carbocycles. The van der Waals surface area contributed by atoms with Crippen molar-refractivity contribution in [3.63, 3.8) is 0 Å². The Kier molecular flexibility index (Phi) is 4.91. The van der Waals surface area contributed by atoms with E-state index in [4.69, 9.17) is 5.73 Å². The highest BCUT2D eigenvalue weighted by atomic mass is 14.7. The molecule has 3 atom stereocenters. The van der Waals surface area contributed by atoms with E-state index in [0.29, 0.717) is 11.8 Å². The number of pyridine rings is 1. The third-order valence-corrected chi connectivity index (χ3v) is 4.15. The molecule has 20 heavy (non-hydrogen) atoms. The lowest BCUT2D eigenvalue weighted by atomic mass is 9.78. The van der Waals surface area contributed by atoms with Crippen molar-refractivity contribution in [2.75, 3.05) is 0 Å². The summed E-state index contributed by atoms with van der Waals surface area (Å²) in [6.07, 6.45) is 3.03. The maximum Gasteiger partial charge on any atom is 0.0382 e. The molecule has 0 amide bonds. The summed E-state index contributed by atoms with van der Waals surface area (Å²) in [5, 5.41) is 0. The Hall–Kier alpha value is -1.67. The number of nitrogens with two attached hydrogens (primary N) is 1. The Morgan fingerprint density at radius 1 is 1.05 bits per heavy atom. The Morgan fingerprint density at radius 3 is 2.30 bits per heavy atom. The molecule has 2 aromatic rings. The van der Waals surface area contributed by atoms with Gasteiger partial charge in [0.05, 0.1) is 0 Å². The van der Waals surface area contributed by atoms with Gasteiger partial charge in [0.2, 0.25) is 0 Å². The maximum atomic E-state index is 6.56. The number of aromatic nitrogens is 1. The van der Waals surface area contributed by atoms with Gasteiger partial charge in [0.25, 0.3) is 0 Å². The molecule has 0 aliphatic rings. The third-order valence-electron chi connectivity index (χ3n) is 4.15. The van der Waals surface area contributed by atoms with Crippen LogP contribution in [0.5, 0.6) is 0 Å². The van der Waals surface area contributed by atoms with E-state index in [1.165, 1.54) is 5.56 Å². The minimum Gasteiger partial charge on any atom is -0.323 e. The van der Waals surface area contributed by atoms with Gasteiger partial charge in [-0.3, -0.25) is 4.98 Å². The largest absolute Gasteiger partial charge is 0.323 e. The molecule has 3 unspecified atom stereocenters. The summed E-state index contributed by atoms with van der Waals surface area (Å²) in [7, 11) is 0. The summed E-state index contributed by atoms with van der Waals surface area (Å²) in [5.74, 6) is 0.861.